The fourth-order valence-corrected chi connectivity index (χ4v) is 4.30. The number of benzene rings is 1. The molecule has 0 aliphatic carbocycles. The lowest BCUT2D eigenvalue weighted by Crippen LogP contribution is -2.44. The minimum atomic E-state index is -4.37. The van der Waals surface area contributed by atoms with Crippen LogP contribution in [0.2, 0.25) is 0 Å². The smallest absolute Gasteiger partial charge is 0.416 e. The summed E-state index contributed by atoms with van der Waals surface area (Å²) in [5.74, 6) is -2.05. The molecule has 1 saturated heterocycles. The Bertz CT molecular complexity index is 1070. The molecule has 4 rings (SSSR count). The molecule has 1 aromatic heterocycles. The Labute approximate surface area is 188 Å². The molecule has 1 aromatic carbocycles. The van der Waals surface area contributed by atoms with Gasteiger partial charge in [0.05, 0.1) is 5.56 Å². The van der Waals surface area contributed by atoms with Crippen molar-refractivity contribution < 1.29 is 37.4 Å². The summed E-state index contributed by atoms with van der Waals surface area (Å²) in [6.45, 7) is 4.45. The Hall–Kier alpha value is -3.14. The van der Waals surface area contributed by atoms with Crippen LogP contribution in [0.25, 0.3) is 16.7 Å². The standard InChI is InChI=1S/C19H21F3N2O.C4H4O4/c1-3-11(2)24-14-5-6-15(24)9-12(8-14)18-23-16-7-4-13(19(20,21)22)10-17(16)25-18;5-3(6)1-2-4(7)8/h4,7-8,10-11,14-15H,3,5-6,9H2,1-2H3;1-2H,(H,5,6)(H,7,8)/b;2-1-. The lowest BCUT2D eigenvalue weighted by atomic mass is 9.98. The minimum absolute atomic E-state index is 0.197. The number of aliphatic carboxylic acids is 2. The second-order valence-corrected chi connectivity index (χ2v) is 8.11. The molecular formula is C23H25F3N2O5. The molecule has 3 heterocycles. The Morgan fingerprint density at radius 3 is 2.45 bits per heavy atom. The number of carboxylic acid groups (broad SMARTS) is 2. The van der Waals surface area contributed by atoms with E-state index in [1.807, 2.05) is 0 Å². The number of carboxylic acids is 2. The van der Waals surface area contributed by atoms with Crippen LogP contribution in [-0.2, 0) is 15.8 Å². The molecule has 10 heteroatoms. The number of oxazole rings is 1. The third-order valence-electron chi connectivity index (χ3n) is 5.91. The van der Waals surface area contributed by atoms with Crippen molar-refractivity contribution >= 4 is 28.6 Å². The summed E-state index contributed by atoms with van der Waals surface area (Å²) in [7, 11) is 0. The number of nitrogens with zero attached hydrogens (tertiary/aromatic N) is 2. The zero-order valence-corrected chi connectivity index (χ0v) is 18.2. The van der Waals surface area contributed by atoms with Crippen LogP contribution in [-0.4, -0.2) is 50.2 Å². The first kappa shape index (κ1) is 24.5. The van der Waals surface area contributed by atoms with Crippen LogP contribution in [0.4, 0.5) is 13.2 Å². The van der Waals surface area contributed by atoms with E-state index in [1.54, 1.807) is 0 Å². The van der Waals surface area contributed by atoms with Gasteiger partial charge in [-0.05, 0) is 50.8 Å². The summed E-state index contributed by atoms with van der Waals surface area (Å²) >= 11 is 0. The average Bonchev–Trinajstić information content (AvgIpc) is 3.29. The maximum Gasteiger partial charge on any atom is 0.416 e. The van der Waals surface area contributed by atoms with Gasteiger partial charge in [-0.1, -0.05) is 13.0 Å². The van der Waals surface area contributed by atoms with Crippen LogP contribution >= 0.6 is 0 Å². The summed E-state index contributed by atoms with van der Waals surface area (Å²) in [5.41, 5.74) is 0.989. The Balaban J connectivity index is 0.000000331. The van der Waals surface area contributed by atoms with Crippen molar-refractivity contribution in [3.63, 3.8) is 0 Å². The van der Waals surface area contributed by atoms with E-state index < -0.39 is 23.7 Å². The summed E-state index contributed by atoms with van der Waals surface area (Å²) in [4.78, 5) is 26.1. The monoisotopic (exact) mass is 466 g/mol. The van der Waals surface area contributed by atoms with E-state index >= 15 is 0 Å². The zero-order valence-electron chi connectivity index (χ0n) is 18.2. The third kappa shape index (κ3) is 5.81. The van der Waals surface area contributed by atoms with E-state index in [1.165, 1.54) is 6.07 Å². The Morgan fingerprint density at radius 1 is 1.24 bits per heavy atom. The molecule has 2 bridgehead atoms. The number of alkyl halides is 3. The van der Waals surface area contributed by atoms with Crippen molar-refractivity contribution in [2.45, 2.75) is 63.8 Å². The fourth-order valence-electron chi connectivity index (χ4n) is 4.30. The van der Waals surface area contributed by atoms with Crippen molar-refractivity contribution in [2.24, 2.45) is 0 Å². The van der Waals surface area contributed by atoms with Gasteiger partial charge in [0, 0.05) is 35.9 Å². The van der Waals surface area contributed by atoms with E-state index in [0.717, 1.165) is 43.4 Å². The largest absolute Gasteiger partial charge is 0.478 e. The van der Waals surface area contributed by atoms with Crippen LogP contribution in [0.5, 0.6) is 0 Å². The van der Waals surface area contributed by atoms with E-state index in [2.05, 4.69) is 29.8 Å². The topological polar surface area (TPSA) is 104 Å². The molecule has 0 amide bonds. The second-order valence-electron chi connectivity index (χ2n) is 8.11. The fraction of sp³-hybridized carbons (Fsp3) is 0.435. The van der Waals surface area contributed by atoms with Gasteiger partial charge in [-0.3, -0.25) is 4.90 Å². The highest BCUT2D eigenvalue weighted by Crippen LogP contribution is 2.41. The number of halogens is 3. The highest BCUT2D eigenvalue weighted by Gasteiger charge is 2.39. The molecule has 0 saturated carbocycles. The van der Waals surface area contributed by atoms with Gasteiger partial charge in [-0.15, -0.1) is 0 Å². The van der Waals surface area contributed by atoms with Gasteiger partial charge < -0.3 is 14.6 Å². The maximum atomic E-state index is 12.9. The first-order chi connectivity index (χ1) is 15.5. The first-order valence-electron chi connectivity index (χ1n) is 10.6. The van der Waals surface area contributed by atoms with E-state index in [4.69, 9.17) is 14.6 Å². The Kier molecular flexibility index (Phi) is 7.26. The lowest BCUT2D eigenvalue weighted by Gasteiger charge is -2.37. The number of hydrogen-bond acceptors (Lipinski definition) is 5. The highest BCUT2D eigenvalue weighted by atomic mass is 19.4. The molecule has 0 spiro atoms. The summed E-state index contributed by atoms with van der Waals surface area (Å²) < 4.78 is 44.3. The zero-order chi connectivity index (χ0) is 24.3. The number of carbonyl (C=O) groups is 2. The summed E-state index contributed by atoms with van der Waals surface area (Å²) in [5, 5.41) is 15.6. The predicted molar refractivity (Wildman–Crippen MR) is 114 cm³/mol. The van der Waals surface area contributed by atoms with Gasteiger partial charge in [0.2, 0.25) is 5.89 Å². The van der Waals surface area contributed by atoms with E-state index in [-0.39, 0.29) is 5.58 Å². The molecule has 3 unspecified atom stereocenters. The lowest BCUT2D eigenvalue weighted by molar-refractivity contribution is -0.137. The number of aromatic nitrogens is 1. The number of hydrogen-bond donors (Lipinski definition) is 2. The second kappa shape index (κ2) is 9.78. The van der Waals surface area contributed by atoms with Crippen molar-refractivity contribution in [1.29, 1.82) is 0 Å². The minimum Gasteiger partial charge on any atom is -0.478 e. The molecule has 1 fully saturated rings. The van der Waals surface area contributed by atoms with Gasteiger partial charge in [-0.25, -0.2) is 14.6 Å². The quantitative estimate of drug-likeness (QED) is 0.599. The molecule has 33 heavy (non-hydrogen) atoms. The summed E-state index contributed by atoms with van der Waals surface area (Å²) in [6, 6.07) is 4.86. The van der Waals surface area contributed by atoms with Crippen LogP contribution in [0, 0.1) is 0 Å². The van der Waals surface area contributed by atoms with Gasteiger partial charge in [0.15, 0.2) is 5.58 Å². The van der Waals surface area contributed by atoms with Crippen molar-refractivity contribution in [3.8, 4) is 0 Å². The molecule has 2 aliphatic rings. The molecule has 0 radical (unpaired) electrons. The van der Waals surface area contributed by atoms with Crippen LogP contribution in [0.15, 0.2) is 40.8 Å². The molecule has 3 atom stereocenters. The van der Waals surface area contributed by atoms with Crippen LogP contribution < -0.4 is 0 Å². The number of fused-ring (bicyclic) bond motifs is 3. The maximum absolute atomic E-state index is 12.9. The van der Waals surface area contributed by atoms with Crippen LogP contribution in [0.1, 0.15) is 51.0 Å². The van der Waals surface area contributed by atoms with Gasteiger partial charge in [0.1, 0.15) is 5.52 Å². The van der Waals surface area contributed by atoms with E-state index in [0.29, 0.717) is 41.7 Å². The SMILES string of the molecule is CCC(C)N1C2C=C(c3nc4ccc(C(F)(F)F)cc4o3)CC1CC2.O=C(O)/C=C\C(=O)O. The first-order valence-corrected chi connectivity index (χ1v) is 10.6. The molecule has 7 nitrogen and oxygen atoms in total. The van der Waals surface area contributed by atoms with Crippen molar-refractivity contribution in [1.82, 2.24) is 9.88 Å². The van der Waals surface area contributed by atoms with Gasteiger partial charge in [0.25, 0.3) is 0 Å². The Morgan fingerprint density at radius 2 is 1.91 bits per heavy atom. The molecule has 178 valence electrons. The molecule has 2 N–H and O–H groups in total. The normalized spacial score (nSPS) is 21.5. The molecular weight excluding hydrogens is 441 g/mol. The van der Waals surface area contributed by atoms with Crippen molar-refractivity contribution in [2.75, 3.05) is 0 Å². The van der Waals surface area contributed by atoms with Crippen molar-refractivity contribution in [3.05, 3.63) is 47.9 Å². The average molecular weight is 466 g/mol. The van der Waals surface area contributed by atoms with Gasteiger partial charge >= 0.3 is 18.1 Å². The predicted octanol–water partition coefficient (Wildman–Crippen LogP) is 4.98. The highest BCUT2D eigenvalue weighted by molar-refractivity contribution is 5.89. The molecule has 2 aliphatic heterocycles. The molecule has 2 aromatic rings. The summed E-state index contributed by atoms with van der Waals surface area (Å²) in [6.07, 6.45) is 3.17. The van der Waals surface area contributed by atoms with Gasteiger partial charge in [-0.2, -0.15) is 13.2 Å². The third-order valence-corrected chi connectivity index (χ3v) is 5.91. The van der Waals surface area contributed by atoms with Crippen LogP contribution in [0.3, 0.4) is 0 Å². The number of rotatable bonds is 5. The van der Waals surface area contributed by atoms with E-state index in [9.17, 15) is 22.8 Å².